The van der Waals surface area contributed by atoms with Gasteiger partial charge in [0.2, 0.25) is 0 Å². The van der Waals surface area contributed by atoms with E-state index in [4.69, 9.17) is 0 Å². The van der Waals surface area contributed by atoms with Gasteiger partial charge < -0.3 is 19.6 Å². The summed E-state index contributed by atoms with van der Waals surface area (Å²) in [7, 11) is 0. The molecule has 0 saturated carbocycles. The zero-order valence-electron chi connectivity index (χ0n) is 39.9. The van der Waals surface area contributed by atoms with Crippen molar-refractivity contribution in [1.82, 2.24) is 0 Å². The predicted molar refractivity (Wildman–Crippen MR) is 305 cm³/mol. The average molecular weight is 925 g/mol. The fourth-order valence-corrected chi connectivity index (χ4v) is 10.3. The van der Waals surface area contributed by atoms with Crippen LogP contribution in [-0.4, -0.2) is 0 Å². The Morgan fingerprint density at radius 3 is 1.14 bits per heavy atom. The molecule has 10 aromatic carbocycles. The predicted octanol–water partition coefficient (Wildman–Crippen LogP) is 19.0. The van der Waals surface area contributed by atoms with E-state index in [1.165, 1.54) is 22.0 Å². The molecule has 10 aromatic rings. The van der Waals surface area contributed by atoms with Crippen LogP contribution >= 0.6 is 0 Å². The molecule has 2 aliphatic rings. The van der Waals surface area contributed by atoms with Gasteiger partial charge in [0.05, 0.1) is 5.69 Å². The quantitative estimate of drug-likeness (QED) is 0.114. The Hall–Kier alpha value is -9.38. The first-order chi connectivity index (χ1) is 35.7. The van der Waals surface area contributed by atoms with E-state index >= 15 is 0 Å². The van der Waals surface area contributed by atoms with Crippen molar-refractivity contribution in [2.45, 2.75) is 6.42 Å². The van der Waals surface area contributed by atoms with Gasteiger partial charge in [-0.1, -0.05) is 164 Å². The normalized spacial score (nSPS) is 13.7. The number of allylic oxidation sites excluding steroid dienone is 7. The van der Waals surface area contributed by atoms with E-state index in [0.29, 0.717) is 5.92 Å². The summed E-state index contributed by atoms with van der Waals surface area (Å²) in [6.07, 6.45) is 14.6. The average Bonchev–Trinajstić information content (AvgIpc) is 3.46. The zero-order valence-corrected chi connectivity index (χ0v) is 39.9. The molecule has 1 unspecified atom stereocenters. The van der Waals surface area contributed by atoms with Gasteiger partial charge in [-0.3, -0.25) is 0 Å². The van der Waals surface area contributed by atoms with Gasteiger partial charge in [-0.2, -0.15) is 0 Å². The van der Waals surface area contributed by atoms with E-state index in [1.54, 1.807) is 0 Å². The summed E-state index contributed by atoms with van der Waals surface area (Å²) in [5.74, 6) is 0.339. The topological polar surface area (TPSA) is 13.0 Å². The molecule has 0 fully saturated rings. The van der Waals surface area contributed by atoms with Crippen molar-refractivity contribution < 1.29 is 0 Å². The van der Waals surface area contributed by atoms with E-state index in [0.717, 1.165) is 80.1 Å². The van der Waals surface area contributed by atoms with Crippen LogP contribution in [0.3, 0.4) is 0 Å². The van der Waals surface area contributed by atoms with Gasteiger partial charge in [0.25, 0.3) is 0 Å². The van der Waals surface area contributed by atoms with Crippen LogP contribution in [0.4, 0.5) is 62.6 Å². The second-order valence-corrected chi connectivity index (χ2v) is 18.1. The highest BCUT2D eigenvalue weighted by Gasteiger charge is 2.26. The van der Waals surface area contributed by atoms with E-state index < -0.39 is 0 Å². The summed E-state index contributed by atoms with van der Waals surface area (Å²) >= 11 is 0. The van der Waals surface area contributed by atoms with Crippen molar-refractivity contribution in [1.29, 1.82) is 0 Å². The van der Waals surface area contributed by atoms with Crippen molar-refractivity contribution in [3.63, 3.8) is 0 Å². The smallest absolute Gasteiger partial charge is 0.0540 e. The Kier molecular flexibility index (Phi) is 12.1. The number of para-hydroxylation sites is 4. The van der Waals surface area contributed by atoms with Crippen LogP contribution in [-0.2, 0) is 0 Å². The summed E-state index contributed by atoms with van der Waals surface area (Å²) in [5.41, 5.74) is 16.9. The number of rotatable bonds is 13. The van der Waals surface area contributed by atoms with E-state index in [1.807, 2.05) is 0 Å². The molecule has 0 spiro atoms. The molecule has 0 radical (unpaired) electrons. The van der Waals surface area contributed by atoms with Crippen LogP contribution in [0.2, 0.25) is 0 Å². The molecule has 1 atom stereocenters. The molecule has 0 saturated heterocycles. The number of nitrogens with zero attached hydrogens (tertiary/aromatic N) is 4. The minimum atomic E-state index is 0.339. The summed E-state index contributed by atoms with van der Waals surface area (Å²) < 4.78 is 0. The highest BCUT2D eigenvalue weighted by molar-refractivity contribution is 5.99. The molecule has 0 heterocycles. The molecule has 2 aliphatic carbocycles. The van der Waals surface area contributed by atoms with Gasteiger partial charge in [-0.05, 0) is 162 Å². The zero-order chi connectivity index (χ0) is 48.1. The molecule has 4 nitrogen and oxygen atoms in total. The third kappa shape index (κ3) is 8.78. The standard InChI is InChI=1S/C68H52N4/c1-5-23-55(24-6-1)69(56-25-7-2-8-26-56)59-43-47-63(48-44-59)71(67-33-17-21-53-19-13-15-31-65(53)67)61-39-35-51(36-40-61)52-37-41-62(42-38-52)72(68-34-18-22-54-20-14-16-32-66(54)68)64-49-45-60(46-50-64)70(57-27-9-3-10-28-57)58-29-11-4-12-30-58/h1-19,21-50,54H,20H2. The fourth-order valence-electron chi connectivity index (χ4n) is 10.3. The molecule has 0 aliphatic heterocycles. The third-order valence-electron chi connectivity index (χ3n) is 13.7. The molecule has 344 valence electrons. The van der Waals surface area contributed by atoms with Gasteiger partial charge in [-0.15, -0.1) is 0 Å². The lowest BCUT2D eigenvalue weighted by Crippen LogP contribution is -2.23. The SMILES string of the molecule is C1=CCC2C=CC=C(N(c3ccc(-c4ccc(N(c5ccc(N(c6ccccc6)c6ccccc6)cc5)c5cccc6ccccc56)cc4)cc3)c3ccc(N(c4ccccc4)c4ccccc4)cc3)C2=C1. The second kappa shape index (κ2) is 19.9. The lowest BCUT2D eigenvalue weighted by atomic mass is 9.85. The van der Waals surface area contributed by atoms with Crippen LogP contribution in [0.5, 0.6) is 0 Å². The molecule has 4 heteroatoms. The van der Waals surface area contributed by atoms with Crippen LogP contribution in [0, 0.1) is 5.92 Å². The minimum absolute atomic E-state index is 0.339. The lowest BCUT2D eigenvalue weighted by Gasteiger charge is -2.34. The van der Waals surface area contributed by atoms with Crippen molar-refractivity contribution in [2.24, 2.45) is 5.92 Å². The first-order valence-corrected chi connectivity index (χ1v) is 24.8. The molecule has 0 bridgehead atoms. The van der Waals surface area contributed by atoms with Crippen LogP contribution in [0.15, 0.2) is 309 Å². The highest BCUT2D eigenvalue weighted by atomic mass is 15.2. The van der Waals surface area contributed by atoms with Crippen LogP contribution in [0.25, 0.3) is 21.9 Å². The van der Waals surface area contributed by atoms with E-state index in [9.17, 15) is 0 Å². The summed E-state index contributed by atoms with van der Waals surface area (Å²) in [6.45, 7) is 0. The summed E-state index contributed by atoms with van der Waals surface area (Å²) in [4.78, 5) is 9.41. The fraction of sp³-hybridized carbons (Fsp3) is 0.0294. The lowest BCUT2D eigenvalue weighted by molar-refractivity contribution is 0.758. The second-order valence-electron chi connectivity index (χ2n) is 18.1. The molecule has 12 rings (SSSR count). The van der Waals surface area contributed by atoms with Gasteiger partial charge in [-0.25, -0.2) is 0 Å². The van der Waals surface area contributed by atoms with Gasteiger partial charge >= 0.3 is 0 Å². The maximum Gasteiger partial charge on any atom is 0.0540 e. The maximum atomic E-state index is 2.42. The Labute approximate surface area is 422 Å². The number of hydrogen-bond acceptors (Lipinski definition) is 4. The van der Waals surface area contributed by atoms with Gasteiger partial charge in [0.15, 0.2) is 0 Å². The highest BCUT2D eigenvalue weighted by Crippen LogP contribution is 2.44. The van der Waals surface area contributed by atoms with Gasteiger partial charge in [0.1, 0.15) is 0 Å². The van der Waals surface area contributed by atoms with Crippen LogP contribution < -0.4 is 19.6 Å². The first-order valence-electron chi connectivity index (χ1n) is 24.8. The largest absolute Gasteiger partial charge is 0.311 e. The molecule has 0 amide bonds. The summed E-state index contributed by atoms with van der Waals surface area (Å²) in [5, 5.41) is 2.39. The van der Waals surface area contributed by atoms with Crippen molar-refractivity contribution in [2.75, 3.05) is 19.6 Å². The molecular weight excluding hydrogens is 873 g/mol. The number of anilines is 11. The Morgan fingerprint density at radius 2 is 0.667 bits per heavy atom. The number of fused-ring (bicyclic) bond motifs is 2. The van der Waals surface area contributed by atoms with E-state index in [-0.39, 0.29) is 0 Å². The van der Waals surface area contributed by atoms with Crippen molar-refractivity contribution >= 4 is 73.3 Å². The molecule has 0 N–H and O–H groups in total. The molecule has 72 heavy (non-hydrogen) atoms. The Bertz CT molecular complexity index is 3480. The van der Waals surface area contributed by atoms with Crippen molar-refractivity contribution in [3.05, 3.63) is 309 Å². The molecular formula is C68H52N4. The minimum Gasteiger partial charge on any atom is -0.311 e. The van der Waals surface area contributed by atoms with Crippen LogP contribution in [0.1, 0.15) is 6.42 Å². The first kappa shape index (κ1) is 43.9. The number of benzene rings is 10. The maximum absolute atomic E-state index is 2.42. The van der Waals surface area contributed by atoms with Gasteiger partial charge in [0, 0.05) is 73.9 Å². The summed E-state index contributed by atoms with van der Waals surface area (Å²) in [6, 6.07) is 93.5. The number of hydrogen-bond donors (Lipinski definition) is 0. The molecule has 0 aromatic heterocycles. The third-order valence-corrected chi connectivity index (χ3v) is 13.7. The van der Waals surface area contributed by atoms with E-state index in [2.05, 4.69) is 317 Å². The Balaban J connectivity index is 0.883. The van der Waals surface area contributed by atoms with Crippen molar-refractivity contribution in [3.8, 4) is 11.1 Å². The monoisotopic (exact) mass is 924 g/mol. The Morgan fingerprint density at radius 1 is 0.292 bits per heavy atom.